The van der Waals surface area contributed by atoms with Gasteiger partial charge in [-0.15, -0.1) is 35.3 Å². The molecule has 0 aliphatic carbocycles. The number of hydrogen-bond acceptors (Lipinski definition) is 3. The summed E-state index contributed by atoms with van der Waals surface area (Å²) in [5.74, 6) is 0.932. The standard InChI is InChI=1S/C21H30N4S.HI/c1-4-22-21(23-15-18-8-7-16(2)14-17(18)3)24-19-9-11-25(12-10-19)20-6-5-13-26-20;/h5-8,13-14,19H,4,9-12,15H2,1-3H3,(H2,22,23,24);1H. The van der Waals surface area contributed by atoms with E-state index in [9.17, 15) is 0 Å². The van der Waals surface area contributed by atoms with Crippen molar-refractivity contribution in [3.8, 4) is 0 Å². The first kappa shape index (κ1) is 22.0. The number of rotatable bonds is 5. The zero-order valence-corrected chi connectivity index (χ0v) is 19.6. The van der Waals surface area contributed by atoms with E-state index in [1.54, 1.807) is 0 Å². The Labute approximate surface area is 184 Å². The number of piperidine rings is 1. The van der Waals surface area contributed by atoms with Crippen LogP contribution in [0.3, 0.4) is 0 Å². The van der Waals surface area contributed by atoms with Crippen LogP contribution in [0.4, 0.5) is 5.00 Å². The van der Waals surface area contributed by atoms with Crippen molar-refractivity contribution in [2.24, 2.45) is 4.99 Å². The predicted octanol–water partition coefficient (Wildman–Crippen LogP) is 4.71. The molecule has 4 nitrogen and oxygen atoms in total. The third kappa shape index (κ3) is 6.38. The van der Waals surface area contributed by atoms with Gasteiger partial charge < -0.3 is 15.5 Å². The molecule has 1 aliphatic heterocycles. The second kappa shape index (κ2) is 10.9. The quantitative estimate of drug-likeness (QED) is 0.357. The number of aliphatic imine (C=N–C) groups is 1. The Morgan fingerprint density at radius 1 is 1.22 bits per heavy atom. The maximum atomic E-state index is 4.82. The maximum absolute atomic E-state index is 4.82. The fraction of sp³-hybridized carbons (Fsp3) is 0.476. The Morgan fingerprint density at radius 3 is 2.63 bits per heavy atom. The van der Waals surface area contributed by atoms with E-state index in [0.29, 0.717) is 6.04 Å². The molecule has 1 aromatic heterocycles. The minimum absolute atomic E-state index is 0. The number of hydrogen-bond donors (Lipinski definition) is 2. The molecule has 0 amide bonds. The summed E-state index contributed by atoms with van der Waals surface area (Å²) >= 11 is 1.83. The third-order valence-electron chi connectivity index (χ3n) is 4.90. The highest BCUT2D eigenvalue weighted by molar-refractivity contribution is 14.0. The van der Waals surface area contributed by atoms with Gasteiger partial charge in [0.05, 0.1) is 11.5 Å². The minimum Gasteiger partial charge on any atom is -0.363 e. The van der Waals surface area contributed by atoms with Crippen LogP contribution in [0.1, 0.15) is 36.5 Å². The Balaban J connectivity index is 0.00000261. The Hall–Kier alpha value is -1.28. The van der Waals surface area contributed by atoms with E-state index in [-0.39, 0.29) is 24.0 Å². The summed E-state index contributed by atoms with van der Waals surface area (Å²) in [5, 5.41) is 10.6. The van der Waals surface area contributed by atoms with Gasteiger partial charge in [-0.25, -0.2) is 4.99 Å². The molecule has 1 fully saturated rings. The summed E-state index contributed by atoms with van der Waals surface area (Å²) in [6, 6.07) is 11.4. The molecule has 2 N–H and O–H groups in total. The van der Waals surface area contributed by atoms with Gasteiger partial charge in [0.2, 0.25) is 0 Å². The molecule has 6 heteroatoms. The summed E-state index contributed by atoms with van der Waals surface area (Å²) in [4.78, 5) is 7.31. The zero-order chi connectivity index (χ0) is 18.4. The topological polar surface area (TPSA) is 39.7 Å². The van der Waals surface area contributed by atoms with Crippen molar-refractivity contribution in [3.63, 3.8) is 0 Å². The highest BCUT2D eigenvalue weighted by Crippen LogP contribution is 2.24. The van der Waals surface area contributed by atoms with Crippen LogP contribution >= 0.6 is 35.3 Å². The SMILES string of the molecule is CCNC(=NCc1ccc(C)cc1C)NC1CCN(c2cccs2)CC1.I. The normalized spacial score (nSPS) is 15.4. The lowest BCUT2D eigenvalue weighted by Gasteiger charge is -2.33. The molecule has 0 radical (unpaired) electrons. The molecule has 148 valence electrons. The summed E-state index contributed by atoms with van der Waals surface area (Å²) in [6.45, 7) is 10.2. The van der Waals surface area contributed by atoms with Crippen LogP contribution < -0.4 is 15.5 Å². The summed E-state index contributed by atoms with van der Waals surface area (Å²) < 4.78 is 0. The van der Waals surface area contributed by atoms with E-state index < -0.39 is 0 Å². The number of aryl methyl sites for hydroxylation is 2. The molecule has 0 saturated carbocycles. The molecular weight excluding hydrogens is 467 g/mol. The zero-order valence-electron chi connectivity index (χ0n) is 16.5. The van der Waals surface area contributed by atoms with Gasteiger partial charge in [0.25, 0.3) is 0 Å². The molecule has 0 spiro atoms. The number of thiophene rings is 1. The molecule has 0 unspecified atom stereocenters. The summed E-state index contributed by atoms with van der Waals surface area (Å²) in [5.41, 5.74) is 3.91. The van der Waals surface area contributed by atoms with Crippen LogP contribution in [0.25, 0.3) is 0 Å². The van der Waals surface area contributed by atoms with Crippen molar-refractivity contribution in [3.05, 3.63) is 52.4 Å². The Kier molecular flexibility index (Phi) is 8.89. The molecule has 0 atom stereocenters. The largest absolute Gasteiger partial charge is 0.363 e. The lowest BCUT2D eigenvalue weighted by atomic mass is 10.1. The van der Waals surface area contributed by atoms with E-state index in [0.717, 1.165) is 45.0 Å². The van der Waals surface area contributed by atoms with Crippen molar-refractivity contribution in [1.29, 1.82) is 0 Å². The lowest BCUT2D eigenvalue weighted by Crippen LogP contribution is -2.48. The molecule has 1 aromatic carbocycles. The molecule has 1 aliphatic rings. The number of nitrogens with zero attached hydrogens (tertiary/aromatic N) is 2. The van der Waals surface area contributed by atoms with Gasteiger partial charge in [0, 0.05) is 25.7 Å². The number of halogens is 1. The van der Waals surface area contributed by atoms with Crippen LogP contribution in [0.15, 0.2) is 40.7 Å². The fourth-order valence-corrected chi connectivity index (χ4v) is 4.18. The number of guanidine groups is 1. The number of benzene rings is 1. The Bertz CT molecular complexity index is 722. The van der Waals surface area contributed by atoms with Crippen LogP contribution in [-0.2, 0) is 6.54 Å². The molecule has 2 aromatic rings. The smallest absolute Gasteiger partial charge is 0.191 e. The van der Waals surface area contributed by atoms with Crippen molar-refractivity contribution in [1.82, 2.24) is 10.6 Å². The average molecular weight is 498 g/mol. The third-order valence-corrected chi connectivity index (χ3v) is 5.83. The van der Waals surface area contributed by atoms with Gasteiger partial charge in [-0.2, -0.15) is 0 Å². The van der Waals surface area contributed by atoms with Crippen LogP contribution in [0.2, 0.25) is 0 Å². The molecule has 27 heavy (non-hydrogen) atoms. The first-order valence-corrected chi connectivity index (χ1v) is 10.4. The Morgan fingerprint density at radius 2 is 2.00 bits per heavy atom. The summed E-state index contributed by atoms with van der Waals surface area (Å²) in [6.07, 6.45) is 2.29. The molecule has 2 heterocycles. The van der Waals surface area contributed by atoms with Gasteiger partial charge in [0.15, 0.2) is 5.96 Å². The van der Waals surface area contributed by atoms with Crippen LogP contribution in [0.5, 0.6) is 0 Å². The highest BCUT2D eigenvalue weighted by Gasteiger charge is 2.20. The second-order valence-corrected chi connectivity index (χ2v) is 7.91. The molecule has 3 rings (SSSR count). The van der Waals surface area contributed by atoms with Crippen LogP contribution in [-0.4, -0.2) is 31.6 Å². The van der Waals surface area contributed by atoms with E-state index in [4.69, 9.17) is 4.99 Å². The number of anilines is 1. The minimum atomic E-state index is 0. The van der Waals surface area contributed by atoms with E-state index in [1.807, 2.05) is 11.3 Å². The van der Waals surface area contributed by atoms with Gasteiger partial charge >= 0.3 is 0 Å². The number of nitrogens with one attached hydrogen (secondary N) is 2. The van der Waals surface area contributed by atoms with Gasteiger partial charge in [-0.3, -0.25) is 0 Å². The van der Waals surface area contributed by atoms with E-state index >= 15 is 0 Å². The second-order valence-electron chi connectivity index (χ2n) is 6.98. The molecule has 1 saturated heterocycles. The van der Waals surface area contributed by atoms with Crippen molar-refractivity contribution in [2.45, 2.75) is 46.2 Å². The van der Waals surface area contributed by atoms with Crippen molar-refractivity contribution >= 4 is 46.3 Å². The average Bonchev–Trinajstić information content (AvgIpc) is 3.16. The van der Waals surface area contributed by atoms with Crippen LogP contribution in [0, 0.1) is 13.8 Å². The van der Waals surface area contributed by atoms with Crippen molar-refractivity contribution in [2.75, 3.05) is 24.5 Å². The molecular formula is C21H31IN4S. The maximum Gasteiger partial charge on any atom is 0.191 e. The van der Waals surface area contributed by atoms with Gasteiger partial charge in [-0.05, 0) is 62.3 Å². The predicted molar refractivity (Wildman–Crippen MR) is 129 cm³/mol. The van der Waals surface area contributed by atoms with E-state index in [1.165, 1.54) is 21.7 Å². The lowest BCUT2D eigenvalue weighted by molar-refractivity contribution is 0.463. The monoisotopic (exact) mass is 498 g/mol. The van der Waals surface area contributed by atoms with Crippen molar-refractivity contribution < 1.29 is 0 Å². The van der Waals surface area contributed by atoms with E-state index in [2.05, 4.69) is 72.0 Å². The van der Waals surface area contributed by atoms with Gasteiger partial charge in [0.1, 0.15) is 0 Å². The van der Waals surface area contributed by atoms with Gasteiger partial charge in [-0.1, -0.05) is 23.8 Å². The summed E-state index contributed by atoms with van der Waals surface area (Å²) in [7, 11) is 0. The molecule has 0 bridgehead atoms. The first-order chi connectivity index (χ1) is 12.7. The first-order valence-electron chi connectivity index (χ1n) is 9.55. The highest BCUT2D eigenvalue weighted by atomic mass is 127. The fourth-order valence-electron chi connectivity index (χ4n) is 3.39.